The van der Waals surface area contributed by atoms with Crippen LogP contribution in [0.1, 0.15) is 49.5 Å². The van der Waals surface area contributed by atoms with E-state index in [4.69, 9.17) is 23.7 Å². The van der Waals surface area contributed by atoms with Gasteiger partial charge >= 0.3 is 23.9 Å². The van der Waals surface area contributed by atoms with E-state index >= 15 is 0 Å². The van der Waals surface area contributed by atoms with Gasteiger partial charge in [0.15, 0.2) is 12.2 Å². The third-order valence-electron chi connectivity index (χ3n) is 8.53. The number of hydrogen-bond acceptors (Lipinski definition) is 9. The number of benzene rings is 4. The van der Waals surface area contributed by atoms with Gasteiger partial charge in [-0.15, -0.1) is 0 Å². The number of hydrogen-bond donors (Lipinski definition) is 0. The molecule has 0 amide bonds. The van der Waals surface area contributed by atoms with E-state index < -0.39 is 54.2 Å². The Morgan fingerprint density at radius 1 is 0.667 bits per heavy atom. The zero-order valence-corrected chi connectivity index (χ0v) is 26.2. The van der Waals surface area contributed by atoms with Crippen molar-refractivity contribution in [2.24, 2.45) is 5.92 Å². The molecule has 0 saturated carbocycles. The maximum Gasteiger partial charge on any atom is 0.338 e. The summed E-state index contributed by atoms with van der Waals surface area (Å²) >= 11 is 0. The topological polar surface area (TPSA) is 114 Å². The molecule has 0 aromatic heterocycles. The first-order chi connectivity index (χ1) is 23.4. The fourth-order valence-electron chi connectivity index (χ4n) is 6.21. The maximum absolute atomic E-state index is 13.8. The SMILES string of the molecule is COC(=O)C1CCC(c2ccccc2)=C2[C@@H](OC(=O)c3ccccc3)[C@H](OC(=O)c3ccccc3)[C@@H](COC(=O)c3ccccc3)O[C@@H]21. The third kappa shape index (κ3) is 7.06. The predicted octanol–water partition coefficient (Wildman–Crippen LogP) is 6.10. The normalized spacial score (nSPS) is 21.7. The number of allylic oxidation sites excluding steroid dienone is 1. The van der Waals surface area contributed by atoms with Crippen LogP contribution in [0.2, 0.25) is 0 Å². The molecule has 0 radical (unpaired) electrons. The summed E-state index contributed by atoms with van der Waals surface area (Å²) in [5, 5.41) is 0. The van der Waals surface area contributed by atoms with Crippen molar-refractivity contribution in [1.29, 1.82) is 0 Å². The molecule has 5 atom stereocenters. The zero-order chi connectivity index (χ0) is 33.5. The van der Waals surface area contributed by atoms with Crippen LogP contribution in [0, 0.1) is 5.92 Å². The molecule has 1 heterocycles. The van der Waals surface area contributed by atoms with Crippen molar-refractivity contribution in [3.8, 4) is 0 Å². The van der Waals surface area contributed by atoms with Crippen molar-refractivity contribution in [2.45, 2.75) is 37.3 Å². The van der Waals surface area contributed by atoms with Gasteiger partial charge in [0.1, 0.15) is 12.7 Å². The predicted molar refractivity (Wildman–Crippen MR) is 175 cm³/mol. The number of fused-ring (bicyclic) bond motifs is 1. The van der Waals surface area contributed by atoms with E-state index in [0.29, 0.717) is 24.0 Å². The minimum absolute atomic E-state index is 0.265. The van der Waals surface area contributed by atoms with Crippen molar-refractivity contribution < 1.29 is 42.9 Å². The molecule has 9 nitrogen and oxygen atoms in total. The number of esters is 4. The molecule has 1 aliphatic carbocycles. The largest absolute Gasteiger partial charge is 0.469 e. The maximum atomic E-state index is 13.8. The lowest BCUT2D eigenvalue weighted by Gasteiger charge is -2.47. The second kappa shape index (κ2) is 14.9. The molecule has 2 aliphatic rings. The second-order valence-electron chi connectivity index (χ2n) is 11.5. The Hall–Kier alpha value is -5.54. The fraction of sp³-hybridized carbons (Fsp3) is 0.231. The summed E-state index contributed by atoms with van der Waals surface area (Å²) in [6.45, 7) is -0.363. The van der Waals surface area contributed by atoms with E-state index in [9.17, 15) is 19.2 Å². The fourth-order valence-corrected chi connectivity index (χ4v) is 6.21. The van der Waals surface area contributed by atoms with Crippen molar-refractivity contribution in [2.75, 3.05) is 13.7 Å². The number of rotatable bonds is 9. The molecule has 48 heavy (non-hydrogen) atoms. The minimum atomic E-state index is -1.27. The van der Waals surface area contributed by atoms with Gasteiger partial charge in [-0.2, -0.15) is 0 Å². The van der Waals surface area contributed by atoms with Gasteiger partial charge in [0.05, 0.1) is 35.8 Å². The van der Waals surface area contributed by atoms with Crippen LogP contribution in [0.25, 0.3) is 5.57 Å². The van der Waals surface area contributed by atoms with Crippen molar-refractivity contribution in [3.63, 3.8) is 0 Å². The van der Waals surface area contributed by atoms with Gasteiger partial charge in [-0.05, 0) is 60.4 Å². The van der Waals surface area contributed by atoms with E-state index in [1.807, 2.05) is 30.3 Å². The van der Waals surface area contributed by atoms with Gasteiger partial charge in [-0.3, -0.25) is 4.79 Å². The van der Waals surface area contributed by atoms with Gasteiger partial charge < -0.3 is 23.7 Å². The molecule has 9 heteroatoms. The average Bonchev–Trinajstić information content (AvgIpc) is 3.15. The molecule has 244 valence electrons. The van der Waals surface area contributed by atoms with Gasteiger partial charge in [0, 0.05) is 5.57 Å². The summed E-state index contributed by atoms with van der Waals surface area (Å²) in [6, 6.07) is 34.8. The van der Waals surface area contributed by atoms with E-state index in [2.05, 4.69) is 0 Å². The molecule has 0 N–H and O–H groups in total. The van der Waals surface area contributed by atoms with E-state index in [1.165, 1.54) is 7.11 Å². The Morgan fingerprint density at radius 3 is 1.71 bits per heavy atom. The first kappa shape index (κ1) is 32.4. The van der Waals surface area contributed by atoms with Crippen LogP contribution in [-0.2, 0) is 28.5 Å². The summed E-state index contributed by atoms with van der Waals surface area (Å²) in [6.07, 6.45) is -3.74. The summed E-state index contributed by atoms with van der Waals surface area (Å²) in [7, 11) is 1.30. The lowest BCUT2D eigenvalue weighted by Crippen LogP contribution is -2.58. The van der Waals surface area contributed by atoms with Crippen LogP contribution in [0.15, 0.2) is 127 Å². The van der Waals surface area contributed by atoms with Crippen LogP contribution in [0.4, 0.5) is 0 Å². The molecular weight excluding hydrogens is 612 g/mol. The summed E-state index contributed by atoms with van der Waals surface area (Å²) < 4.78 is 30.0. The Bertz CT molecular complexity index is 1770. The van der Waals surface area contributed by atoms with Crippen LogP contribution in [0.5, 0.6) is 0 Å². The summed E-state index contributed by atoms with van der Waals surface area (Å²) in [5.74, 6) is -3.25. The van der Waals surface area contributed by atoms with Crippen molar-refractivity contribution in [1.82, 2.24) is 0 Å². The molecule has 1 aliphatic heterocycles. The average molecular weight is 647 g/mol. The Kier molecular flexibility index (Phi) is 10.1. The molecule has 4 aromatic carbocycles. The second-order valence-corrected chi connectivity index (χ2v) is 11.5. The molecule has 0 spiro atoms. The van der Waals surface area contributed by atoms with Crippen LogP contribution >= 0.6 is 0 Å². The number of methoxy groups -OCH3 is 1. The lowest BCUT2D eigenvalue weighted by atomic mass is 9.73. The van der Waals surface area contributed by atoms with Crippen LogP contribution in [-0.4, -0.2) is 62.0 Å². The molecule has 4 aromatic rings. The van der Waals surface area contributed by atoms with Gasteiger partial charge in [-0.25, -0.2) is 14.4 Å². The molecule has 1 unspecified atom stereocenters. The van der Waals surface area contributed by atoms with Gasteiger partial charge in [0.25, 0.3) is 0 Å². The monoisotopic (exact) mass is 646 g/mol. The Balaban J connectivity index is 1.47. The Labute approximate surface area is 278 Å². The third-order valence-corrected chi connectivity index (χ3v) is 8.53. The zero-order valence-electron chi connectivity index (χ0n) is 26.2. The first-order valence-corrected chi connectivity index (χ1v) is 15.7. The summed E-state index contributed by atoms with van der Waals surface area (Å²) in [4.78, 5) is 53.7. The molecular formula is C39H34O9. The molecule has 1 saturated heterocycles. The molecule has 1 fully saturated rings. The number of carbonyl (C=O) groups is 4. The van der Waals surface area contributed by atoms with Crippen molar-refractivity contribution in [3.05, 3.63) is 149 Å². The highest BCUT2D eigenvalue weighted by Crippen LogP contribution is 2.45. The minimum Gasteiger partial charge on any atom is -0.469 e. The van der Waals surface area contributed by atoms with Crippen LogP contribution < -0.4 is 0 Å². The molecule has 6 rings (SSSR count). The lowest BCUT2D eigenvalue weighted by molar-refractivity contribution is -0.179. The van der Waals surface area contributed by atoms with Crippen LogP contribution in [0.3, 0.4) is 0 Å². The summed E-state index contributed by atoms with van der Waals surface area (Å²) in [5.41, 5.74) is 2.99. The number of ether oxygens (including phenoxy) is 5. The Morgan fingerprint density at radius 2 is 1.17 bits per heavy atom. The highest BCUT2D eigenvalue weighted by Gasteiger charge is 2.53. The quantitative estimate of drug-likeness (QED) is 0.157. The van der Waals surface area contributed by atoms with E-state index in [0.717, 1.165) is 11.1 Å². The highest BCUT2D eigenvalue weighted by atomic mass is 16.6. The van der Waals surface area contributed by atoms with Crippen molar-refractivity contribution >= 4 is 29.5 Å². The first-order valence-electron chi connectivity index (χ1n) is 15.7. The van der Waals surface area contributed by atoms with E-state index in [-0.39, 0.29) is 17.7 Å². The smallest absolute Gasteiger partial charge is 0.338 e. The molecule has 0 bridgehead atoms. The standard InChI is InChI=1S/C39H34O9/c1-44-39(43)30-23-22-29(25-14-6-2-7-15-25)32-33(30)46-31(24-45-36(40)26-16-8-3-9-17-26)34(47-37(41)27-18-10-4-11-19-27)35(32)48-38(42)28-20-12-5-13-21-28/h2-21,30-31,33-35H,22-24H2,1H3/t30?,31-,33-,34-,35-/m1/s1. The highest BCUT2D eigenvalue weighted by molar-refractivity contribution is 5.91. The van der Waals surface area contributed by atoms with Gasteiger partial charge in [-0.1, -0.05) is 84.9 Å². The number of carbonyl (C=O) groups excluding carboxylic acids is 4. The van der Waals surface area contributed by atoms with E-state index in [1.54, 1.807) is 91.0 Å². The van der Waals surface area contributed by atoms with Gasteiger partial charge in [0.2, 0.25) is 0 Å².